The van der Waals surface area contributed by atoms with Crippen molar-refractivity contribution in [3.8, 4) is 0 Å². The molecular formula is C12H16N2O4S2. The molecule has 0 fully saturated rings. The molecule has 110 valence electrons. The lowest BCUT2D eigenvalue weighted by molar-refractivity contribution is 0.276. The van der Waals surface area contributed by atoms with Crippen molar-refractivity contribution >= 4 is 26.5 Å². The van der Waals surface area contributed by atoms with Crippen LogP contribution in [0.15, 0.2) is 9.31 Å². The topological polar surface area (TPSA) is 92.4 Å². The van der Waals surface area contributed by atoms with E-state index in [-0.39, 0.29) is 16.2 Å². The van der Waals surface area contributed by atoms with Crippen LogP contribution in [0.1, 0.15) is 27.7 Å². The molecule has 8 heteroatoms. The molecule has 0 unspecified atom stereocenters. The number of hydrogen-bond donors (Lipinski definition) is 2. The van der Waals surface area contributed by atoms with Crippen LogP contribution in [0.4, 0.5) is 5.13 Å². The summed E-state index contributed by atoms with van der Waals surface area (Å²) in [4.78, 5) is 5.09. The number of aliphatic hydroxyl groups excluding tert-OH is 1. The fourth-order valence-electron chi connectivity index (χ4n) is 1.93. The fourth-order valence-corrected chi connectivity index (χ4v) is 4.42. The van der Waals surface area contributed by atoms with Gasteiger partial charge in [-0.15, -0.1) is 11.3 Å². The third-order valence-electron chi connectivity index (χ3n) is 3.00. The van der Waals surface area contributed by atoms with Gasteiger partial charge in [0.2, 0.25) is 0 Å². The number of thiazole rings is 1. The first-order chi connectivity index (χ1) is 9.26. The summed E-state index contributed by atoms with van der Waals surface area (Å²) in [6.45, 7) is 6.47. The van der Waals surface area contributed by atoms with Crippen molar-refractivity contribution in [1.29, 1.82) is 0 Å². The molecule has 2 heterocycles. The molecule has 2 aromatic heterocycles. The predicted molar refractivity (Wildman–Crippen MR) is 76.5 cm³/mol. The van der Waals surface area contributed by atoms with E-state index in [1.165, 1.54) is 11.3 Å². The number of furan rings is 1. The largest absolute Gasteiger partial charge is 0.465 e. The van der Waals surface area contributed by atoms with Gasteiger partial charge in [0, 0.05) is 10.4 Å². The number of sulfonamides is 1. The summed E-state index contributed by atoms with van der Waals surface area (Å²) in [5.74, 6) is 0.654. The maximum absolute atomic E-state index is 12.4. The number of aromatic nitrogens is 1. The summed E-state index contributed by atoms with van der Waals surface area (Å²) in [5.41, 5.74) is 1.06. The SMILES string of the molecule is Cc1nc(NS(=O)(=O)c2c(C)oc(C)c2CO)sc1C. The third-order valence-corrected chi connectivity index (χ3v) is 5.65. The first-order valence-electron chi connectivity index (χ1n) is 5.93. The molecule has 0 atom stereocenters. The minimum Gasteiger partial charge on any atom is -0.465 e. The highest BCUT2D eigenvalue weighted by Gasteiger charge is 2.27. The Morgan fingerprint density at radius 1 is 1.25 bits per heavy atom. The van der Waals surface area contributed by atoms with E-state index in [1.807, 2.05) is 13.8 Å². The normalized spacial score (nSPS) is 11.8. The van der Waals surface area contributed by atoms with E-state index in [2.05, 4.69) is 9.71 Å². The maximum Gasteiger partial charge on any atom is 0.267 e. The van der Waals surface area contributed by atoms with Crippen LogP contribution in [-0.2, 0) is 16.6 Å². The van der Waals surface area contributed by atoms with Crippen molar-refractivity contribution < 1.29 is 17.9 Å². The number of rotatable bonds is 4. The maximum atomic E-state index is 12.4. The number of nitrogens with zero attached hydrogens (tertiary/aromatic N) is 1. The van der Waals surface area contributed by atoms with Crippen molar-refractivity contribution in [2.75, 3.05) is 4.72 Å². The quantitative estimate of drug-likeness (QED) is 0.902. The van der Waals surface area contributed by atoms with Gasteiger partial charge in [0.05, 0.1) is 12.3 Å². The number of aryl methyl sites for hydroxylation is 4. The molecule has 6 nitrogen and oxygen atoms in total. The van der Waals surface area contributed by atoms with Gasteiger partial charge in [-0.1, -0.05) is 0 Å². The molecule has 0 saturated heterocycles. The summed E-state index contributed by atoms with van der Waals surface area (Å²) in [6, 6.07) is 0. The Balaban J connectivity index is 2.45. The average molecular weight is 316 g/mol. The third kappa shape index (κ3) is 2.58. The van der Waals surface area contributed by atoms with Crippen LogP contribution in [0.2, 0.25) is 0 Å². The first-order valence-corrected chi connectivity index (χ1v) is 8.22. The first kappa shape index (κ1) is 15.0. The van der Waals surface area contributed by atoms with Crippen LogP contribution in [0.3, 0.4) is 0 Å². The van der Waals surface area contributed by atoms with E-state index >= 15 is 0 Å². The van der Waals surface area contributed by atoms with Crippen molar-refractivity contribution in [2.24, 2.45) is 0 Å². The smallest absolute Gasteiger partial charge is 0.267 e. The standard InChI is InChI=1S/C12H16N2O4S2/c1-6-9(4)19-12(13-6)14-20(16,17)11-8(3)18-7(2)10(11)5-15/h15H,5H2,1-4H3,(H,13,14). The van der Waals surface area contributed by atoms with E-state index in [4.69, 9.17) is 4.42 Å². The Labute approximate surface area is 121 Å². The van der Waals surface area contributed by atoms with Gasteiger partial charge in [0.25, 0.3) is 10.0 Å². The van der Waals surface area contributed by atoms with Crippen LogP contribution in [0.25, 0.3) is 0 Å². The van der Waals surface area contributed by atoms with Crippen molar-refractivity contribution in [3.05, 3.63) is 27.7 Å². The van der Waals surface area contributed by atoms with Gasteiger partial charge in [0.15, 0.2) is 5.13 Å². The Kier molecular flexibility index (Phi) is 3.90. The van der Waals surface area contributed by atoms with Crippen molar-refractivity contribution in [2.45, 2.75) is 39.2 Å². The second-order valence-electron chi connectivity index (χ2n) is 4.45. The lowest BCUT2D eigenvalue weighted by Crippen LogP contribution is -2.15. The highest BCUT2D eigenvalue weighted by atomic mass is 32.2. The van der Waals surface area contributed by atoms with Gasteiger partial charge in [-0.25, -0.2) is 13.4 Å². The number of aliphatic hydroxyl groups is 1. The summed E-state index contributed by atoms with van der Waals surface area (Å²) in [7, 11) is -3.83. The Bertz CT molecular complexity index is 724. The molecule has 0 aliphatic rings. The number of anilines is 1. The molecule has 20 heavy (non-hydrogen) atoms. The van der Waals surface area contributed by atoms with Gasteiger partial charge in [-0.05, 0) is 27.7 Å². The molecular weight excluding hydrogens is 300 g/mol. The zero-order chi connectivity index (χ0) is 15.1. The summed E-state index contributed by atoms with van der Waals surface area (Å²) >= 11 is 1.27. The molecule has 0 saturated carbocycles. The molecule has 0 aliphatic carbocycles. The molecule has 0 aromatic carbocycles. The van der Waals surface area contributed by atoms with Gasteiger partial charge >= 0.3 is 0 Å². The van der Waals surface area contributed by atoms with Crippen molar-refractivity contribution in [3.63, 3.8) is 0 Å². The average Bonchev–Trinajstić information content (AvgIpc) is 2.78. The van der Waals surface area contributed by atoms with E-state index in [0.29, 0.717) is 10.9 Å². The number of nitrogens with one attached hydrogen (secondary N) is 1. The van der Waals surface area contributed by atoms with E-state index in [0.717, 1.165) is 10.6 Å². The minimum atomic E-state index is -3.83. The Morgan fingerprint density at radius 3 is 2.40 bits per heavy atom. The van der Waals surface area contributed by atoms with Gasteiger partial charge < -0.3 is 9.52 Å². The molecule has 2 N–H and O–H groups in total. The zero-order valence-corrected chi connectivity index (χ0v) is 13.3. The molecule has 2 rings (SSSR count). The lowest BCUT2D eigenvalue weighted by atomic mass is 10.2. The molecule has 0 bridgehead atoms. The summed E-state index contributed by atoms with van der Waals surface area (Å²) < 4.78 is 32.6. The van der Waals surface area contributed by atoms with Crippen LogP contribution < -0.4 is 4.72 Å². The van der Waals surface area contributed by atoms with Crippen molar-refractivity contribution in [1.82, 2.24) is 4.98 Å². The Morgan fingerprint density at radius 2 is 1.90 bits per heavy atom. The number of hydrogen-bond acceptors (Lipinski definition) is 6. The molecule has 0 amide bonds. The van der Waals surface area contributed by atoms with Gasteiger partial charge in [0.1, 0.15) is 16.4 Å². The second kappa shape index (κ2) is 5.19. The van der Waals surface area contributed by atoms with Gasteiger partial charge in [-0.3, -0.25) is 4.72 Å². The van der Waals surface area contributed by atoms with E-state index in [9.17, 15) is 13.5 Å². The van der Waals surface area contributed by atoms with Crippen LogP contribution in [0.5, 0.6) is 0 Å². The summed E-state index contributed by atoms with van der Waals surface area (Å²) in [5, 5.41) is 9.63. The highest BCUT2D eigenvalue weighted by molar-refractivity contribution is 7.93. The van der Waals surface area contributed by atoms with Crippen LogP contribution in [-0.4, -0.2) is 18.5 Å². The van der Waals surface area contributed by atoms with E-state index in [1.54, 1.807) is 13.8 Å². The zero-order valence-electron chi connectivity index (χ0n) is 11.6. The van der Waals surface area contributed by atoms with E-state index < -0.39 is 16.6 Å². The lowest BCUT2D eigenvalue weighted by Gasteiger charge is -2.05. The second-order valence-corrected chi connectivity index (χ2v) is 7.27. The predicted octanol–water partition coefficient (Wildman–Crippen LogP) is 2.26. The molecule has 0 spiro atoms. The monoisotopic (exact) mass is 316 g/mol. The molecule has 2 aromatic rings. The summed E-state index contributed by atoms with van der Waals surface area (Å²) in [6.07, 6.45) is 0. The highest BCUT2D eigenvalue weighted by Crippen LogP contribution is 2.30. The fraction of sp³-hybridized carbons (Fsp3) is 0.417. The molecule has 0 aliphatic heterocycles. The van der Waals surface area contributed by atoms with Crippen LogP contribution >= 0.6 is 11.3 Å². The Hall–Kier alpha value is -1.38. The van der Waals surface area contributed by atoms with Crippen LogP contribution in [0, 0.1) is 27.7 Å². The minimum absolute atomic E-state index is 0.0111. The molecule has 0 radical (unpaired) electrons. The van der Waals surface area contributed by atoms with Gasteiger partial charge in [-0.2, -0.15) is 0 Å².